The zero-order valence-electron chi connectivity index (χ0n) is 10.8. The standard InChI is InChI=1S/C14H18N4/c1-3-15-10-13-8-11(2)17-14(18-13)9-12-4-6-16-7-5-12/h4-8,15H,3,9-10H2,1-2H3. The van der Waals surface area contributed by atoms with Gasteiger partial charge in [-0.2, -0.15) is 0 Å². The fourth-order valence-electron chi connectivity index (χ4n) is 1.81. The Kier molecular flexibility index (Phi) is 4.36. The molecular weight excluding hydrogens is 224 g/mol. The van der Waals surface area contributed by atoms with E-state index in [1.807, 2.05) is 25.1 Å². The van der Waals surface area contributed by atoms with Crippen LogP contribution < -0.4 is 5.32 Å². The van der Waals surface area contributed by atoms with Gasteiger partial charge in [-0.25, -0.2) is 9.97 Å². The highest BCUT2D eigenvalue weighted by molar-refractivity contribution is 5.18. The Morgan fingerprint density at radius 3 is 2.67 bits per heavy atom. The Bertz CT molecular complexity index is 496. The van der Waals surface area contributed by atoms with Gasteiger partial charge in [0.15, 0.2) is 0 Å². The third-order valence-corrected chi connectivity index (χ3v) is 2.62. The van der Waals surface area contributed by atoms with Gasteiger partial charge in [0.1, 0.15) is 5.82 Å². The van der Waals surface area contributed by atoms with Crippen molar-refractivity contribution in [2.24, 2.45) is 0 Å². The maximum absolute atomic E-state index is 4.57. The normalized spacial score (nSPS) is 10.6. The second-order valence-electron chi connectivity index (χ2n) is 4.23. The van der Waals surface area contributed by atoms with Crippen LogP contribution in [0.2, 0.25) is 0 Å². The SMILES string of the molecule is CCNCc1cc(C)nc(Cc2ccncc2)n1. The Morgan fingerprint density at radius 2 is 1.94 bits per heavy atom. The maximum atomic E-state index is 4.57. The first kappa shape index (κ1) is 12.6. The van der Waals surface area contributed by atoms with E-state index in [1.54, 1.807) is 12.4 Å². The predicted octanol–water partition coefficient (Wildman–Crippen LogP) is 1.88. The van der Waals surface area contributed by atoms with E-state index in [4.69, 9.17) is 0 Å². The topological polar surface area (TPSA) is 50.7 Å². The molecule has 2 heterocycles. The van der Waals surface area contributed by atoms with E-state index in [0.717, 1.165) is 36.7 Å². The third kappa shape index (κ3) is 3.60. The molecule has 0 saturated carbocycles. The summed E-state index contributed by atoms with van der Waals surface area (Å²) in [5.41, 5.74) is 3.25. The molecule has 0 amide bonds. The molecule has 0 atom stereocenters. The van der Waals surface area contributed by atoms with Gasteiger partial charge in [-0.3, -0.25) is 4.98 Å². The summed E-state index contributed by atoms with van der Waals surface area (Å²) in [6.07, 6.45) is 4.35. The van der Waals surface area contributed by atoms with Crippen molar-refractivity contribution in [3.63, 3.8) is 0 Å². The fraction of sp³-hybridized carbons (Fsp3) is 0.357. The van der Waals surface area contributed by atoms with Crippen LogP contribution in [0, 0.1) is 6.92 Å². The zero-order chi connectivity index (χ0) is 12.8. The van der Waals surface area contributed by atoms with Crippen LogP contribution in [0.15, 0.2) is 30.6 Å². The van der Waals surface area contributed by atoms with Crippen LogP contribution in [0.3, 0.4) is 0 Å². The summed E-state index contributed by atoms with van der Waals surface area (Å²) < 4.78 is 0. The van der Waals surface area contributed by atoms with Crippen LogP contribution in [0.25, 0.3) is 0 Å². The van der Waals surface area contributed by atoms with Gasteiger partial charge in [-0.05, 0) is 37.2 Å². The maximum Gasteiger partial charge on any atom is 0.133 e. The number of hydrogen-bond donors (Lipinski definition) is 1. The van der Waals surface area contributed by atoms with Gasteiger partial charge in [0.2, 0.25) is 0 Å². The summed E-state index contributed by atoms with van der Waals surface area (Å²) in [4.78, 5) is 13.1. The van der Waals surface area contributed by atoms with E-state index < -0.39 is 0 Å². The van der Waals surface area contributed by atoms with Crippen molar-refractivity contribution in [1.29, 1.82) is 0 Å². The quantitative estimate of drug-likeness (QED) is 0.869. The highest BCUT2D eigenvalue weighted by Crippen LogP contribution is 2.06. The molecule has 2 rings (SSSR count). The molecule has 2 aromatic rings. The minimum absolute atomic E-state index is 0.753. The van der Waals surface area contributed by atoms with Gasteiger partial charge in [-0.1, -0.05) is 6.92 Å². The summed E-state index contributed by atoms with van der Waals surface area (Å²) in [6.45, 7) is 5.84. The number of rotatable bonds is 5. The van der Waals surface area contributed by atoms with E-state index in [0.29, 0.717) is 0 Å². The Balaban J connectivity index is 2.15. The summed E-state index contributed by atoms with van der Waals surface area (Å²) in [6, 6.07) is 6.02. The minimum Gasteiger partial charge on any atom is -0.311 e. The Hall–Kier alpha value is -1.81. The van der Waals surface area contributed by atoms with Crippen LogP contribution in [0.5, 0.6) is 0 Å². The molecule has 0 saturated heterocycles. The number of hydrogen-bond acceptors (Lipinski definition) is 4. The monoisotopic (exact) mass is 242 g/mol. The van der Waals surface area contributed by atoms with Crippen molar-refractivity contribution in [3.05, 3.63) is 53.4 Å². The molecule has 4 heteroatoms. The lowest BCUT2D eigenvalue weighted by atomic mass is 10.2. The van der Waals surface area contributed by atoms with E-state index in [1.165, 1.54) is 5.56 Å². The number of aromatic nitrogens is 3. The number of aryl methyl sites for hydroxylation is 1. The minimum atomic E-state index is 0.753. The molecule has 0 aliphatic rings. The van der Waals surface area contributed by atoms with Crippen molar-refractivity contribution in [3.8, 4) is 0 Å². The van der Waals surface area contributed by atoms with Crippen molar-refractivity contribution in [2.45, 2.75) is 26.8 Å². The molecule has 1 N–H and O–H groups in total. The van der Waals surface area contributed by atoms with Crippen molar-refractivity contribution in [2.75, 3.05) is 6.54 Å². The Labute approximate surface area is 108 Å². The molecule has 0 fully saturated rings. The molecule has 18 heavy (non-hydrogen) atoms. The summed E-state index contributed by atoms with van der Waals surface area (Å²) in [5.74, 6) is 0.870. The van der Waals surface area contributed by atoms with Crippen LogP contribution in [-0.4, -0.2) is 21.5 Å². The molecule has 0 spiro atoms. The lowest BCUT2D eigenvalue weighted by Gasteiger charge is -2.06. The average molecular weight is 242 g/mol. The largest absolute Gasteiger partial charge is 0.311 e. The molecule has 94 valence electrons. The zero-order valence-corrected chi connectivity index (χ0v) is 10.8. The van der Waals surface area contributed by atoms with E-state index in [-0.39, 0.29) is 0 Å². The molecule has 0 aromatic carbocycles. The van der Waals surface area contributed by atoms with Gasteiger partial charge in [0.25, 0.3) is 0 Å². The van der Waals surface area contributed by atoms with E-state index in [9.17, 15) is 0 Å². The summed E-state index contributed by atoms with van der Waals surface area (Å²) in [7, 11) is 0. The molecule has 0 aliphatic heterocycles. The second-order valence-corrected chi connectivity index (χ2v) is 4.23. The van der Waals surface area contributed by atoms with Gasteiger partial charge in [-0.15, -0.1) is 0 Å². The van der Waals surface area contributed by atoms with Gasteiger partial charge >= 0.3 is 0 Å². The highest BCUT2D eigenvalue weighted by atomic mass is 14.9. The predicted molar refractivity (Wildman–Crippen MR) is 71.2 cm³/mol. The van der Waals surface area contributed by atoms with Gasteiger partial charge < -0.3 is 5.32 Å². The van der Waals surface area contributed by atoms with Crippen molar-refractivity contribution < 1.29 is 0 Å². The molecule has 0 bridgehead atoms. The van der Waals surface area contributed by atoms with Crippen LogP contribution in [0.4, 0.5) is 0 Å². The molecular formula is C14H18N4. The first-order valence-electron chi connectivity index (χ1n) is 6.21. The highest BCUT2D eigenvalue weighted by Gasteiger charge is 2.03. The Morgan fingerprint density at radius 1 is 1.17 bits per heavy atom. The van der Waals surface area contributed by atoms with Crippen LogP contribution in [0.1, 0.15) is 29.7 Å². The van der Waals surface area contributed by atoms with E-state index >= 15 is 0 Å². The first-order chi connectivity index (χ1) is 8.78. The third-order valence-electron chi connectivity index (χ3n) is 2.62. The number of pyridine rings is 1. The molecule has 0 aliphatic carbocycles. The van der Waals surface area contributed by atoms with Crippen LogP contribution >= 0.6 is 0 Å². The average Bonchev–Trinajstić information content (AvgIpc) is 2.37. The molecule has 4 nitrogen and oxygen atoms in total. The lowest BCUT2D eigenvalue weighted by molar-refractivity contribution is 0.700. The molecule has 0 unspecified atom stereocenters. The fourth-order valence-corrected chi connectivity index (χ4v) is 1.81. The molecule has 0 radical (unpaired) electrons. The van der Waals surface area contributed by atoms with Crippen LogP contribution in [-0.2, 0) is 13.0 Å². The smallest absolute Gasteiger partial charge is 0.133 e. The van der Waals surface area contributed by atoms with Crippen molar-refractivity contribution in [1.82, 2.24) is 20.3 Å². The number of nitrogens with zero attached hydrogens (tertiary/aromatic N) is 3. The first-order valence-corrected chi connectivity index (χ1v) is 6.21. The van der Waals surface area contributed by atoms with Crippen molar-refractivity contribution >= 4 is 0 Å². The second kappa shape index (κ2) is 6.21. The summed E-state index contributed by atoms with van der Waals surface area (Å²) in [5, 5.41) is 3.28. The van der Waals surface area contributed by atoms with E-state index in [2.05, 4.69) is 27.2 Å². The van der Waals surface area contributed by atoms with Gasteiger partial charge in [0, 0.05) is 31.1 Å². The number of nitrogens with one attached hydrogen (secondary N) is 1. The lowest BCUT2D eigenvalue weighted by Crippen LogP contribution is -2.14. The van der Waals surface area contributed by atoms with Gasteiger partial charge in [0.05, 0.1) is 5.69 Å². The molecule has 2 aromatic heterocycles. The summed E-state index contributed by atoms with van der Waals surface area (Å²) >= 11 is 0.